The molecule has 0 saturated carbocycles. The van der Waals surface area contributed by atoms with Crippen molar-refractivity contribution in [2.75, 3.05) is 0 Å². The van der Waals surface area contributed by atoms with Crippen molar-refractivity contribution in [2.45, 2.75) is 47.0 Å². The van der Waals surface area contributed by atoms with Crippen molar-refractivity contribution in [3.8, 4) is 0 Å². The third-order valence-electron chi connectivity index (χ3n) is 4.92. The Bertz CT molecular complexity index is 817. The van der Waals surface area contributed by atoms with Gasteiger partial charge in [-0.1, -0.05) is 42.3 Å². The normalized spacial score (nSPS) is 17.2. The van der Waals surface area contributed by atoms with E-state index in [1.165, 1.54) is 30.4 Å². The SMILES string of the molecule is CC1=C(/C=C(\C)c2ccccn2)CC(C)CC1.Cc1ccc(C(N)=O)cc1. The van der Waals surface area contributed by atoms with Gasteiger partial charge >= 0.3 is 0 Å². The number of hydrogen-bond acceptors (Lipinski definition) is 2. The summed E-state index contributed by atoms with van der Waals surface area (Å²) in [6, 6.07) is 13.2. The first kappa shape index (κ1) is 20.6. The molecular formula is C24H30N2O. The second-order valence-corrected chi connectivity index (χ2v) is 7.43. The van der Waals surface area contributed by atoms with Gasteiger partial charge in [0.15, 0.2) is 0 Å². The van der Waals surface area contributed by atoms with E-state index >= 15 is 0 Å². The smallest absolute Gasteiger partial charge is 0.248 e. The van der Waals surface area contributed by atoms with Crippen LogP contribution in [0.15, 0.2) is 65.9 Å². The molecule has 3 heteroatoms. The molecule has 1 unspecified atom stereocenters. The Hall–Kier alpha value is -2.68. The highest BCUT2D eigenvalue weighted by Gasteiger charge is 2.14. The van der Waals surface area contributed by atoms with E-state index < -0.39 is 0 Å². The minimum atomic E-state index is -0.375. The van der Waals surface area contributed by atoms with E-state index in [9.17, 15) is 4.79 Å². The molecule has 1 aromatic carbocycles. The van der Waals surface area contributed by atoms with E-state index in [-0.39, 0.29) is 5.91 Å². The number of benzene rings is 1. The standard InChI is InChI=1S/C16H21N.C8H9NO/c1-12-7-8-13(2)15(10-12)11-14(3)16-6-4-5-9-17-16;1-6-2-4-7(5-3-6)8(9)10/h4-6,9,11-12H,7-8,10H2,1-3H3;2-5H,1H3,(H2,9,10)/b14-11+;. The summed E-state index contributed by atoms with van der Waals surface area (Å²) >= 11 is 0. The number of nitrogens with zero attached hydrogens (tertiary/aromatic N) is 1. The zero-order chi connectivity index (χ0) is 19.8. The fraction of sp³-hybridized carbons (Fsp3) is 0.333. The Morgan fingerprint density at radius 1 is 1.15 bits per heavy atom. The summed E-state index contributed by atoms with van der Waals surface area (Å²) in [6.07, 6.45) is 8.00. The van der Waals surface area contributed by atoms with Gasteiger partial charge in [-0.3, -0.25) is 9.78 Å². The number of carbonyl (C=O) groups is 1. The maximum atomic E-state index is 10.5. The molecule has 2 N–H and O–H groups in total. The lowest BCUT2D eigenvalue weighted by molar-refractivity contribution is 0.100. The second-order valence-electron chi connectivity index (χ2n) is 7.43. The number of hydrogen-bond donors (Lipinski definition) is 1. The number of primary amides is 1. The Balaban J connectivity index is 0.000000223. The Morgan fingerprint density at radius 2 is 1.85 bits per heavy atom. The van der Waals surface area contributed by atoms with Crippen molar-refractivity contribution in [3.05, 3.63) is 82.7 Å². The molecule has 3 nitrogen and oxygen atoms in total. The lowest BCUT2D eigenvalue weighted by atomic mass is 9.84. The van der Waals surface area contributed by atoms with Crippen molar-refractivity contribution in [2.24, 2.45) is 11.7 Å². The van der Waals surface area contributed by atoms with Gasteiger partial charge in [-0.25, -0.2) is 0 Å². The zero-order valence-electron chi connectivity index (χ0n) is 16.8. The van der Waals surface area contributed by atoms with Crippen LogP contribution in [0.5, 0.6) is 0 Å². The summed E-state index contributed by atoms with van der Waals surface area (Å²) in [5, 5.41) is 0. The summed E-state index contributed by atoms with van der Waals surface area (Å²) in [4.78, 5) is 14.9. The second kappa shape index (κ2) is 9.86. The average Bonchev–Trinajstić information content (AvgIpc) is 2.66. The molecule has 142 valence electrons. The van der Waals surface area contributed by atoms with E-state index in [0.29, 0.717) is 5.56 Å². The molecule has 1 heterocycles. The molecular weight excluding hydrogens is 332 g/mol. The van der Waals surface area contributed by atoms with Gasteiger partial charge < -0.3 is 5.73 Å². The number of pyridine rings is 1. The van der Waals surface area contributed by atoms with Crippen LogP contribution in [0.4, 0.5) is 0 Å². The summed E-state index contributed by atoms with van der Waals surface area (Å²) < 4.78 is 0. The molecule has 0 saturated heterocycles. The third-order valence-corrected chi connectivity index (χ3v) is 4.92. The first-order valence-electron chi connectivity index (χ1n) is 9.51. The molecule has 1 atom stereocenters. The minimum Gasteiger partial charge on any atom is -0.366 e. The maximum Gasteiger partial charge on any atom is 0.248 e. The third kappa shape index (κ3) is 6.52. The summed E-state index contributed by atoms with van der Waals surface area (Å²) in [5.74, 6) is 0.446. The van der Waals surface area contributed by atoms with E-state index in [1.54, 1.807) is 17.7 Å². The number of carbonyl (C=O) groups excluding carboxylic acids is 1. The molecule has 1 aromatic heterocycles. The fourth-order valence-electron chi connectivity index (χ4n) is 3.11. The van der Waals surface area contributed by atoms with Gasteiger partial charge in [0.1, 0.15) is 0 Å². The molecule has 0 radical (unpaired) electrons. The van der Waals surface area contributed by atoms with Crippen LogP contribution < -0.4 is 5.73 Å². The molecule has 1 aliphatic rings. The van der Waals surface area contributed by atoms with Crippen LogP contribution >= 0.6 is 0 Å². The Kier molecular flexibility index (Phi) is 7.54. The number of amides is 1. The predicted octanol–water partition coefficient (Wildman–Crippen LogP) is 5.72. The maximum absolute atomic E-state index is 10.5. The highest BCUT2D eigenvalue weighted by atomic mass is 16.1. The Labute approximate surface area is 163 Å². The summed E-state index contributed by atoms with van der Waals surface area (Å²) in [5.41, 5.74) is 12.2. The zero-order valence-corrected chi connectivity index (χ0v) is 16.8. The summed E-state index contributed by atoms with van der Waals surface area (Å²) in [7, 11) is 0. The first-order valence-corrected chi connectivity index (χ1v) is 9.51. The molecule has 0 fully saturated rings. The quantitative estimate of drug-likeness (QED) is 0.759. The van der Waals surface area contributed by atoms with E-state index in [4.69, 9.17) is 5.73 Å². The van der Waals surface area contributed by atoms with Crippen LogP contribution in [0.25, 0.3) is 5.57 Å². The van der Waals surface area contributed by atoms with E-state index in [1.807, 2.05) is 37.4 Å². The number of allylic oxidation sites excluding steroid dienone is 4. The van der Waals surface area contributed by atoms with Crippen LogP contribution in [0.3, 0.4) is 0 Å². The fourth-order valence-corrected chi connectivity index (χ4v) is 3.11. The van der Waals surface area contributed by atoms with Gasteiger partial charge in [0.25, 0.3) is 0 Å². The van der Waals surface area contributed by atoms with E-state index in [0.717, 1.165) is 17.2 Å². The van der Waals surface area contributed by atoms with Crippen LogP contribution in [-0.2, 0) is 0 Å². The molecule has 1 amide bonds. The van der Waals surface area contributed by atoms with Gasteiger partial charge in [0.2, 0.25) is 5.91 Å². The van der Waals surface area contributed by atoms with Crippen molar-refractivity contribution in [1.82, 2.24) is 4.98 Å². The molecule has 3 rings (SSSR count). The van der Waals surface area contributed by atoms with Crippen molar-refractivity contribution in [3.63, 3.8) is 0 Å². The molecule has 0 bridgehead atoms. The lowest BCUT2D eigenvalue weighted by Crippen LogP contribution is -2.10. The summed E-state index contributed by atoms with van der Waals surface area (Å²) in [6.45, 7) is 8.73. The topological polar surface area (TPSA) is 56.0 Å². The molecule has 0 spiro atoms. The minimum absolute atomic E-state index is 0.375. The van der Waals surface area contributed by atoms with Gasteiger partial charge in [-0.2, -0.15) is 0 Å². The highest BCUT2D eigenvalue weighted by molar-refractivity contribution is 5.92. The Morgan fingerprint density at radius 3 is 2.44 bits per heavy atom. The molecule has 27 heavy (non-hydrogen) atoms. The average molecular weight is 363 g/mol. The number of nitrogens with two attached hydrogens (primary N) is 1. The molecule has 0 aliphatic heterocycles. The molecule has 2 aromatic rings. The lowest BCUT2D eigenvalue weighted by Gasteiger charge is -2.21. The van der Waals surface area contributed by atoms with E-state index in [2.05, 4.69) is 37.9 Å². The highest BCUT2D eigenvalue weighted by Crippen LogP contribution is 2.31. The number of rotatable bonds is 3. The predicted molar refractivity (Wildman–Crippen MR) is 113 cm³/mol. The van der Waals surface area contributed by atoms with Crippen LogP contribution in [0, 0.1) is 12.8 Å². The molecule has 1 aliphatic carbocycles. The van der Waals surface area contributed by atoms with Crippen molar-refractivity contribution < 1.29 is 4.79 Å². The number of aromatic nitrogens is 1. The van der Waals surface area contributed by atoms with Crippen molar-refractivity contribution in [1.29, 1.82) is 0 Å². The van der Waals surface area contributed by atoms with Crippen LogP contribution in [0.2, 0.25) is 0 Å². The first-order chi connectivity index (χ1) is 12.9. The van der Waals surface area contributed by atoms with Crippen LogP contribution in [-0.4, -0.2) is 10.9 Å². The van der Waals surface area contributed by atoms with Gasteiger partial charge in [-0.15, -0.1) is 0 Å². The van der Waals surface area contributed by atoms with Gasteiger partial charge in [-0.05, 0) is 81.4 Å². The number of aryl methyl sites for hydroxylation is 1. The monoisotopic (exact) mass is 362 g/mol. The van der Waals surface area contributed by atoms with Crippen molar-refractivity contribution >= 4 is 11.5 Å². The van der Waals surface area contributed by atoms with Crippen LogP contribution in [0.1, 0.15) is 61.6 Å². The van der Waals surface area contributed by atoms with Gasteiger partial charge in [0, 0.05) is 11.8 Å². The largest absolute Gasteiger partial charge is 0.366 e. The van der Waals surface area contributed by atoms with Gasteiger partial charge in [0.05, 0.1) is 5.69 Å².